The summed E-state index contributed by atoms with van der Waals surface area (Å²) in [6, 6.07) is 5.86. The number of anilines is 1. The van der Waals surface area contributed by atoms with Crippen molar-refractivity contribution in [2.45, 2.75) is 0 Å². The first-order valence-corrected chi connectivity index (χ1v) is 9.67. The smallest absolute Gasteiger partial charge is 0.0538 e. The van der Waals surface area contributed by atoms with E-state index in [1.165, 1.54) is 0 Å². The molecule has 0 saturated heterocycles. The molecule has 2 aromatic carbocycles. The van der Waals surface area contributed by atoms with E-state index in [9.17, 15) is 0 Å². The highest BCUT2D eigenvalue weighted by Crippen LogP contribution is 2.50. The molecule has 0 aromatic heterocycles. The van der Waals surface area contributed by atoms with Gasteiger partial charge in [0.15, 0.2) is 0 Å². The van der Waals surface area contributed by atoms with Gasteiger partial charge in [0, 0.05) is 38.0 Å². The first-order valence-electron chi connectivity index (χ1n) is 4.92. The monoisotopic (exact) mass is 637 g/mol. The molecule has 0 amide bonds. The summed E-state index contributed by atoms with van der Waals surface area (Å²) in [4.78, 5) is 0. The minimum absolute atomic E-state index is 0.699. The number of halogens is 6. The molecule has 7 heteroatoms. The van der Waals surface area contributed by atoms with Crippen LogP contribution >= 0.6 is 95.6 Å². The van der Waals surface area contributed by atoms with Crippen molar-refractivity contribution in [1.29, 1.82) is 0 Å². The van der Waals surface area contributed by atoms with Crippen molar-refractivity contribution in [3.63, 3.8) is 0 Å². The van der Waals surface area contributed by atoms with Gasteiger partial charge in [-0.05, 0) is 102 Å². The minimum atomic E-state index is 0.699. The molecule has 0 unspecified atom stereocenters. The molecule has 0 heterocycles. The lowest BCUT2D eigenvalue weighted by atomic mass is 10.0. The maximum Gasteiger partial charge on any atom is 0.0538 e. The maximum atomic E-state index is 6.16. The standard InChI is InChI=1S/C12H5Br6N/c13-5-3-1-2-4(12(5)19)6-7(14)9(16)11(18)10(17)8(6)15/h1-3H,19H2. The first kappa shape index (κ1) is 16.5. The van der Waals surface area contributed by atoms with Crippen LogP contribution in [0.4, 0.5) is 5.69 Å². The Bertz CT molecular complexity index is 639. The molecule has 100 valence electrons. The van der Waals surface area contributed by atoms with Crippen LogP contribution < -0.4 is 5.73 Å². The highest BCUT2D eigenvalue weighted by Gasteiger charge is 2.20. The Balaban J connectivity index is 2.87. The van der Waals surface area contributed by atoms with E-state index < -0.39 is 0 Å². The van der Waals surface area contributed by atoms with Gasteiger partial charge in [-0.2, -0.15) is 0 Å². The predicted molar refractivity (Wildman–Crippen MR) is 102 cm³/mol. The number of benzene rings is 2. The van der Waals surface area contributed by atoms with Crippen LogP contribution in [-0.4, -0.2) is 0 Å². The Morgan fingerprint density at radius 1 is 0.684 bits per heavy atom. The molecule has 1 nitrogen and oxygen atoms in total. The van der Waals surface area contributed by atoms with Crippen LogP contribution in [0.25, 0.3) is 11.1 Å². The summed E-state index contributed by atoms with van der Waals surface area (Å²) in [7, 11) is 0. The van der Waals surface area contributed by atoms with Crippen molar-refractivity contribution in [3.05, 3.63) is 45.0 Å². The Morgan fingerprint density at radius 3 is 1.68 bits per heavy atom. The molecule has 0 saturated carbocycles. The average molecular weight is 643 g/mol. The van der Waals surface area contributed by atoms with Crippen molar-refractivity contribution in [1.82, 2.24) is 0 Å². The molecular weight excluding hydrogens is 638 g/mol. The molecule has 0 aliphatic heterocycles. The van der Waals surface area contributed by atoms with E-state index in [0.717, 1.165) is 38.0 Å². The van der Waals surface area contributed by atoms with Crippen LogP contribution in [0.3, 0.4) is 0 Å². The highest BCUT2D eigenvalue weighted by molar-refractivity contribution is 9.15. The summed E-state index contributed by atoms with van der Waals surface area (Å²) in [6.45, 7) is 0. The maximum absolute atomic E-state index is 6.16. The van der Waals surface area contributed by atoms with Gasteiger partial charge in [-0.1, -0.05) is 12.1 Å². The minimum Gasteiger partial charge on any atom is -0.397 e. The molecule has 0 atom stereocenters. The highest BCUT2D eigenvalue weighted by atomic mass is 79.9. The zero-order chi connectivity index (χ0) is 14.3. The van der Waals surface area contributed by atoms with Crippen LogP contribution in [-0.2, 0) is 0 Å². The molecule has 0 radical (unpaired) electrons. The van der Waals surface area contributed by atoms with Gasteiger partial charge in [-0.25, -0.2) is 0 Å². The fourth-order valence-corrected chi connectivity index (χ4v) is 5.44. The Labute approximate surface area is 161 Å². The second-order valence-electron chi connectivity index (χ2n) is 3.65. The molecule has 0 spiro atoms. The third-order valence-corrected chi connectivity index (χ3v) is 9.32. The van der Waals surface area contributed by atoms with Crippen LogP contribution in [0.5, 0.6) is 0 Å². The summed E-state index contributed by atoms with van der Waals surface area (Å²) >= 11 is 21.3. The Hall–Kier alpha value is 1.12. The molecule has 2 aromatic rings. The molecule has 19 heavy (non-hydrogen) atoms. The van der Waals surface area contributed by atoms with Gasteiger partial charge in [-0.15, -0.1) is 0 Å². The summed E-state index contributed by atoms with van der Waals surface area (Å²) in [6.07, 6.45) is 0. The summed E-state index contributed by atoms with van der Waals surface area (Å²) in [5.74, 6) is 0. The summed E-state index contributed by atoms with van der Waals surface area (Å²) in [5, 5.41) is 0. The van der Waals surface area contributed by atoms with E-state index in [4.69, 9.17) is 5.73 Å². The van der Waals surface area contributed by atoms with E-state index in [1.54, 1.807) is 0 Å². The topological polar surface area (TPSA) is 26.0 Å². The van der Waals surface area contributed by atoms with Crippen molar-refractivity contribution in [2.24, 2.45) is 0 Å². The van der Waals surface area contributed by atoms with Gasteiger partial charge in [0.2, 0.25) is 0 Å². The number of rotatable bonds is 1. The predicted octanol–water partition coefficient (Wildman–Crippen LogP) is 7.51. The van der Waals surface area contributed by atoms with Gasteiger partial charge in [-0.3, -0.25) is 0 Å². The van der Waals surface area contributed by atoms with Gasteiger partial charge < -0.3 is 5.73 Å². The lowest BCUT2D eigenvalue weighted by Gasteiger charge is -2.16. The third-order valence-electron chi connectivity index (χ3n) is 2.53. The fourth-order valence-electron chi connectivity index (χ4n) is 1.60. The van der Waals surface area contributed by atoms with Crippen molar-refractivity contribution in [3.8, 4) is 11.1 Å². The molecule has 2 N–H and O–H groups in total. The van der Waals surface area contributed by atoms with E-state index in [2.05, 4.69) is 95.6 Å². The molecule has 0 aliphatic carbocycles. The normalized spacial score (nSPS) is 10.8. The second-order valence-corrected chi connectivity index (χ2v) is 8.47. The number of para-hydroxylation sites is 1. The van der Waals surface area contributed by atoms with Crippen molar-refractivity contribution in [2.75, 3.05) is 5.73 Å². The average Bonchev–Trinajstić information content (AvgIpc) is 2.39. The van der Waals surface area contributed by atoms with Gasteiger partial charge >= 0.3 is 0 Å². The van der Waals surface area contributed by atoms with Crippen LogP contribution in [0.15, 0.2) is 45.0 Å². The van der Waals surface area contributed by atoms with Crippen LogP contribution in [0, 0.1) is 0 Å². The van der Waals surface area contributed by atoms with E-state index in [-0.39, 0.29) is 0 Å². The third kappa shape index (κ3) is 3.01. The summed E-state index contributed by atoms with van der Waals surface area (Å²) in [5.41, 5.74) is 8.79. The van der Waals surface area contributed by atoms with E-state index in [1.807, 2.05) is 18.2 Å². The van der Waals surface area contributed by atoms with Crippen molar-refractivity contribution < 1.29 is 0 Å². The van der Waals surface area contributed by atoms with Crippen LogP contribution in [0.1, 0.15) is 0 Å². The number of nitrogens with two attached hydrogens (primary N) is 1. The quantitative estimate of drug-likeness (QED) is 0.195. The first-order chi connectivity index (χ1) is 8.86. The van der Waals surface area contributed by atoms with E-state index in [0.29, 0.717) is 5.69 Å². The number of hydrogen-bond donors (Lipinski definition) is 1. The SMILES string of the molecule is Nc1c(Br)cccc1-c1c(Br)c(Br)c(Br)c(Br)c1Br. The van der Waals surface area contributed by atoms with Gasteiger partial charge in [0.25, 0.3) is 0 Å². The number of hydrogen-bond acceptors (Lipinski definition) is 1. The molecular formula is C12H5Br6N. The van der Waals surface area contributed by atoms with E-state index >= 15 is 0 Å². The Morgan fingerprint density at radius 2 is 1.16 bits per heavy atom. The van der Waals surface area contributed by atoms with Crippen molar-refractivity contribution >= 4 is 101 Å². The molecule has 0 aliphatic rings. The van der Waals surface area contributed by atoms with Gasteiger partial charge in [0.05, 0.1) is 5.69 Å². The largest absolute Gasteiger partial charge is 0.397 e. The lowest BCUT2D eigenvalue weighted by molar-refractivity contribution is 1.44. The van der Waals surface area contributed by atoms with Crippen LogP contribution in [0.2, 0.25) is 0 Å². The Kier molecular flexibility index (Phi) is 5.63. The molecule has 2 rings (SSSR count). The molecule has 0 fully saturated rings. The van der Waals surface area contributed by atoms with Gasteiger partial charge in [0.1, 0.15) is 0 Å². The second kappa shape index (κ2) is 6.48. The fraction of sp³-hybridized carbons (Fsp3) is 0. The number of nitrogen functional groups attached to an aromatic ring is 1. The zero-order valence-corrected chi connectivity index (χ0v) is 18.6. The molecule has 0 bridgehead atoms. The lowest BCUT2D eigenvalue weighted by Crippen LogP contribution is -1.94. The summed E-state index contributed by atoms with van der Waals surface area (Å²) < 4.78 is 5.52. The zero-order valence-electron chi connectivity index (χ0n) is 9.08.